The molecule has 0 bridgehead atoms. The van der Waals surface area contributed by atoms with E-state index < -0.39 is 5.60 Å². The first kappa shape index (κ1) is 16.0. The third kappa shape index (κ3) is 3.24. The van der Waals surface area contributed by atoms with Gasteiger partial charge in [-0.3, -0.25) is 9.30 Å². The number of piperidine rings is 1. The molecule has 3 rings (SSSR count). The fourth-order valence-electron chi connectivity index (χ4n) is 2.78. The second-order valence-corrected chi connectivity index (χ2v) is 7.01. The van der Waals surface area contributed by atoms with Gasteiger partial charge in [-0.15, -0.1) is 10.2 Å². The van der Waals surface area contributed by atoms with Crippen molar-refractivity contribution in [1.82, 2.24) is 24.5 Å². The molecule has 0 radical (unpaired) electrons. The van der Waals surface area contributed by atoms with Crippen LogP contribution in [0.3, 0.4) is 0 Å². The van der Waals surface area contributed by atoms with Crippen molar-refractivity contribution in [3.05, 3.63) is 23.4 Å². The highest BCUT2D eigenvalue weighted by Crippen LogP contribution is 2.31. The van der Waals surface area contributed by atoms with E-state index in [2.05, 4.69) is 15.2 Å². The van der Waals surface area contributed by atoms with Crippen LogP contribution in [0.2, 0.25) is 5.15 Å². The largest absolute Gasteiger partial charge is 0.444 e. The molecule has 23 heavy (non-hydrogen) atoms. The molecule has 1 saturated heterocycles. The molecule has 3 heterocycles. The van der Waals surface area contributed by atoms with Crippen molar-refractivity contribution in [2.75, 3.05) is 6.54 Å². The summed E-state index contributed by atoms with van der Waals surface area (Å²) in [6, 6.07) is -0.174. The van der Waals surface area contributed by atoms with E-state index in [0.29, 0.717) is 23.2 Å². The second kappa shape index (κ2) is 5.96. The van der Waals surface area contributed by atoms with Gasteiger partial charge in [-0.2, -0.15) is 0 Å². The molecule has 7 nitrogen and oxygen atoms in total. The van der Waals surface area contributed by atoms with Crippen LogP contribution in [0.1, 0.15) is 51.9 Å². The van der Waals surface area contributed by atoms with Crippen molar-refractivity contribution < 1.29 is 9.53 Å². The first-order valence-corrected chi connectivity index (χ1v) is 8.09. The maximum atomic E-state index is 12.5. The monoisotopic (exact) mass is 337 g/mol. The number of carbonyl (C=O) groups is 1. The Morgan fingerprint density at radius 1 is 1.35 bits per heavy atom. The van der Waals surface area contributed by atoms with Gasteiger partial charge in [0.25, 0.3) is 0 Å². The summed E-state index contributed by atoms with van der Waals surface area (Å²) in [6.45, 7) is 6.23. The number of ether oxygens (including phenoxy) is 1. The lowest BCUT2D eigenvalue weighted by atomic mass is 10.0. The number of rotatable bonds is 1. The smallest absolute Gasteiger partial charge is 0.410 e. The summed E-state index contributed by atoms with van der Waals surface area (Å²) in [5, 5.41) is 8.65. The van der Waals surface area contributed by atoms with Gasteiger partial charge in [0.15, 0.2) is 16.6 Å². The Hall–Kier alpha value is -1.89. The number of fused-ring (bicyclic) bond motifs is 1. The van der Waals surface area contributed by atoms with Crippen molar-refractivity contribution in [3.8, 4) is 0 Å². The molecule has 0 spiro atoms. The van der Waals surface area contributed by atoms with E-state index in [1.807, 2.05) is 20.8 Å². The number of likely N-dealkylation sites (tertiary alicyclic amines) is 1. The molecule has 2 aromatic heterocycles. The molecule has 8 heteroatoms. The summed E-state index contributed by atoms with van der Waals surface area (Å²) in [6.07, 6.45) is 5.84. The van der Waals surface area contributed by atoms with Gasteiger partial charge in [-0.25, -0.2) is 9.78 Å². The molecule has 0 aliphatic carbocycles. The summed E-state index contributed by atoms with van der Waals surface area (Å²) in [4.78, 5) is 18.3. The first-order valence-electron chi connectivity index (χ1n) is 7.71. The fraction of sp³-hybridized carbons (Fsp3) is 0.600. The molecule has 1 fully saturated rings. The minimum atomic E-state index is -0.529. The van der Waals surface area contributed by atoms with Crippen LogP contribution in [0, 0.1) is 0 Å². The van der Waals surface area contributed by atoms with Crippen molar-refractivity contribution in [3.63, 3.8) is 0 Å². The highest BCUT2D eigenvalue weighted by molar-refractivity contribution is 6.32. The minimum Gasteiger partial charge on any atom is -0.444 e. The summed E-state index contributed by atoms with van der Waals surface area (Å²) in [5.41, 5.74) is -0.0296. The minimum absolute atomic E-state index is 0.174. The van der Waals surface area contributed by atoms with E-state index >= 15 is 0 Å². The predicted molar refractivity (Wildman–Crippen MR) is 85.3 cm³/mol. The molecule has 0 aromatic carbocycles. The Bertz CT molecular complexity index is 724. The Kier molecular flexibility index (Phi) is 4.14. The van der Waals surface area contributed by atoms with Crippen LogP contribution in [0.25, 0.3) is 5.65 Å². The average molecular weight is 338 g/mol. The van der Waals surface area contributed by atoms with Crippen molar-refractivity contribution >= 4 is 23.3 Å². The highest BCUT2D eigenvalue weighted by atomic mass is 35.5. The maximum Gasteiger partial charge on any atom is 0.410 e. The Morgan fingerprint density at radius 2 is 2.13 bits per heavy atom. The normalized spacial score (nSPS) is 19.1. The fourth-order valence-corrected chi connectivity index (χ4v) is 2.97. The number of hydrogen-bond acceptors (Lipinski definition) is 5. The van der Waals surface area contributed by atoms with Crippen LogP contribution in [0.4, 0.5) is 4.79 Å². The molecular formula is C15H20ClN5O2. The van der Waals surface area contributed by atoms with Gasteiger partial charge in [0.05, 0.1) is 6.04 Å². The van der Waals surface area contributed by atoms with E-state index in [-0.39, 0.29) is 12.1 Å². The Labute approximate surface area is 139 Å². The lowest BCUT2D eigenvalue weighted by molar-refractivity contribution is 0.00833. The molecule has 1 unspecified atom stereocenters. The molecule has 0 N–H and O–H groups in total. The standard InChI is InChI=1S/C15H20ClN5O2/c1-15(2,3)23-14(22)20-8-5-4-6-10(20)12-18-19-13-11(16)17-7-9-21(12)13/h7,9-10H,4-6,8H2,1-3H3. The number of amides is 1. The number of halogens is 1. The molecular weight excluding hydrogens is 318 g/mol. The highest BCUT2D eigenvalue weighted by Gasteiger charge is 2.34. The summed E-state index contributed by atoms with van der Waals surface area (Å²) >= 11 is 6.06. The topological polar surface area (TPSA) is 72.6 Å². The molecule has 124 valence electrons. The lowest BCUT2D eigenvalue weighted by Gasteiger charge is -2.35. The number of nitrogens with zero attached hydrogens (tertiary/aromatic N) is 5. The zero-order valence-corrected chi connectivity index (χ0v) is 14.2. The number of hydrogen-bond donors (Lipinski definition) is 0. The van der Waals surface area contributed by atoms with Crippen LogP contribution in [0.15, 0.2) is 12.4 Å². The third-order valence-corrected chi connectivity index (χ3v) is 4.01. The van der Waals surface area contributed by atoms with Gasteiger partial charge < -0.3 is 4.74 Å². The average Bonchev–Trinajstić information content (AvgIpc) is 2.91. The van der Waals surface area contributed by atoms with Gasteiger partial charge in [0.1, 0.15) is 5.60 Å². The van der Waals surface area contributed by atoms with Crippen LogP contribution in [-0.2, 0) is 4.74 Å². The van der Waals surface area contributed by atoms with Crippen LogP contribution >= 0.6 is 11.6 Å². The van der Waals surface area contributed by atoms with E-state index in [9.17, 15) is 4.79 Å². The predicted octanol–water partition coefficient (Wildman–Crippen LogP) is 3.24. The molecule has 1 amide bonds. The summed E-state index contributed by atoms with van der Waals surface area (Å²) in [7, 11) is 0. The quantitative estimate of drug-likeness (QED) is 0.798. The molecule has 0 saturated carbocycles. The Morgan fingerprint density at radius 3 is 2.87 bits per heavy atom. The van der Waals surface area contributed by atoms with Crippen LogP contribution in [-0.4, -0.2) is 42.7 Å². The summed E-state index contributed by atoms with van der Waals surface area (Å²) in [5.74, 6) is 0.690. The zero-order valence-electron chi connectivity index (χ0n) is 13.5. The van der Waals surface area contributed by atoms with E-state index in [4.69, 9.17) is 16.3 Å². The Balaban J connectivity index is 1.94. The third-order valence-electron chi connectivity index (χ3n) is 3.74. The SMILES string of the molecule is CC(C)(C)OC(=O)N1CCCCC1c1nnc2c(Cl)nccn12. The molecule has 1 aliphatic heterocycles. The van der Waals surface area contributed by atoms with Crippen LogP contribution < -0.4 is 0 Å². The van der Waals surface area contributed by atoms with Crippen LogP contribution in [0.5, 0.6) is 0 Å². The second-order valence-electron chi connectivity index (χ2n) is 6.66. The van der Waals surface area contributed by atoms with Gasteiger partial charge in [-0.1, -0.05) is 11.6 Å². The maximum absolute atomic E-state index is 12.5. The van der Waals surface area contributed by atoms with E-state index in [1.165, 1.54) is 0 Å². The van der Waals surface area contributed by atoms with Gasteiger partial charge in [-0.05, 0) is 40.0 Å². The molecule has 2 aromatic rings. The number of aromatic nitrogens is 4. The number of carbonyl (C=O) groups excluding carboxylic acids is 1. The zero-order chi connectivity index (χ0) is 16.6. The first-order chi connectivity index (χ1) is 10.9. The van der Waals surface area contributed by atoms with Crippen molar-refractivity contribution in [2.24, 2.45) is 0 Å². The summed E-state index contributed by atoms with van der Waals surface area (Å²) < 4.78 is 7.33. The molecule has 1 aliphatic rings. The van der Waals surface area contributed by atoms with E-state index in [1.54, 1.807) is 21.7 Å². The lowest BCUT2D eigenvalue weighted by Crippen LogP contribution is -2.42. The van der Waals surface area contributed by atoms with Gasteiger partial charge in [0.2, 0.25) is 0 Å². The van der Waals surface area contributed by atoms with Gasteiger partial charge in [0, 0.05) is 18.9 Å². The molecule has 1 atom stereocenters. The van der Waals surface area contributed by atoms with Crippen molar-refractivity contribution in [2.45, 2.75) is 51.7 Å². The van der Waals surface area contributed by atoms with Gasteiger partial charge >= 0.3 is 6.09 Å². The van der Waals surface area contributed by atoms with Crippen molar-refractivity contribution in [1.29, 1.82) is 0 Å². The van der Waals surface area contributed by atoms with E-state index in [0.717, 1.165) is 19.3 Å².